The number of thiophene rings is 1. The summed E-state index contributed by atoms with van der Waals surface area (Å²) in [5.41, 5.74) is -0.107. The van der Waals surface area contributed by atoms with Gasteiger partial charge >= 0.3 is 24.1 Å². The second-order valence-corrected chi connectivity index (χ2v) is 16.3. The second-order valence-electron chi connectivity index (χ2n) is 15.2. The molecule has 0 N–H and O–H groups in total. The van der Waals surface area contributed by atoms with Gasteiger partial charge in [-0.3, -0.25) is 14.6 Å². The maximum Gasteiger partial charge on any atom is 0.411 e. The number of Topliss-reactive ketones (excluding diaryl/α,β-unsaturated/α-hetero) is 1. The summed E-state index contributed by atoms with van der Waals surface area (Å²) in [7, 11) is 0. The molecular weight excluding hydrogens is 660 g/mol. The third-order valence-electron chi connectivity index (χ3n) is 9.19. The molecule has 1 saturated carbocycles. The molecule has 1 aromatic heterocycles. The Kier molecular flexibility index (Phi) is 9.69. The Morgan fingerprint density at radius 1 is 0.840 bits per heavy atom. The maximum absolute atomic E-state index is 13.2. The van der Waals surface area contributed by atoms with Crippen molar-refractivity contribution in [3.05, 3.63) is 53.8 Å². The van der Waals surface area contributed by atoms with Crippen molar-refractivity contribution in [1.29, 1.82) is 0 Å². The van der Waals surface area contributed by atoms with Gasteiger partial charge in [0.1, 0.15) is 23.3 Å². The van der Waals surface area contributed by atoms with E-state index < -0.39 is 54.0 Å². The van der Waals surface area contributed by atoms with E-state index in [-0.39, 0.29) is 17.7 Å². The minimum Gasteiger partial charge on any atom is -0.456 e. The maximum atomic E-state index is 13.2. The zero-order valence-electron chi connectivity index (χ0n) is 29.4. The van der Waals surface area contributed by atoms with Crippen molar-refractivity contribution in [2.24, 2.45) is 5.92 Å². The Morgan fingerprint density at radius 3 is 2.24 bits per heavy atom. The minimum absolute atomic E-state index is 0.00127. The lowest BCUT2D eigenvalue weighted by atomic mass is 9.99. The predicted octanol–water partition coefficient (Wildman–Crippen LogP) is 7.48. The van der Waals surface area contributed by atoms with Gasteiger partial charge in [-0.05, 0) is 103 Å². The number of ketones is 1. The fourth-order valence-electron chi connectivity index (χ4n) is 7.05. The van der Waals surface area contributed by atoms with Crippen LogP contribution in [0.5, 0.6) is 0 Å². The number of hydrogen-bond acceptors (Lipinski definition) is 10. The summed E-state index contributed by atoms with van der Waals surface area (Å²) < 4.78 is 23.8. The topological polar surface area (TPSA) is 129 Å². The highest BCUT2D eigenvalue weighted by atomic mass is 32.1. The molecule has 2 amide bonds. The van der Waals surface area contributed by atoms with Gasteiger partial charge in [0.25, 0.3) is 0 Å². The SMILES string of the molecule is CC(C)(C)OC(=O)N1CCCC1C(=O)OC=Cc1ccc2c(c1)sc1cc(C(=O)COC(=O)C3C4CCC(C4)N3C(=O)OC(C)(C)C)ccc12. The smallest absolute Gasteiger partial charge is 0.411 e. The molecule has 12 heteroatoms. The highest BCUT2D eigenvalue weighted by Crippen LogP contribution is 2.43. The van der Waals surface area contributed by atoms with Crippen LogP contribution in [0.4, 0.5) is 9.59 Å². The third kappa shape index (κ3) is 7.65. The van der Waals surface area contributed by atoms with Crippen molar-refractivity contribution >= 4 is 67.5 Å². The molecule has 266 valence electrons. The molecule has 3 aliphatic rings. The first-order chi connectivity index (χ1) is 23.6. The van der Waals surface area contributed by atoms with Crippen molar-refractivity contribution in [3.8, 4) is 0 Å². The number of carbonyl (C=O) groups is 5. The minimum atomic E-state index is -0.747. The number of ether oxygens (including phenoxy) is 4. The van der Waals surface area contributed by atoms with Crippen LogP contribution in [0, 0.1) is 5.92 Å². The van der Waals surface area contributed by atoms with Gasteiger partial charge in [-0.1, -0.05) is 24.3 Å². The summed E-state index contributed by atoms with van der Waals surface area (Å²) in [6.45, 7) is 10.7. The number of benzene rings is 2. The highest BCUT2D eigenvalue weighted by Gasteiger charge is 2.53. The van der Waals surface area contributed by atoms with Crippen LogP contribution in [0.25, 0.3) is 26.2 Å². The average molecular weight is 705 g/mol. The van der Waals surface area contributed by atoms with Crippen LogP contribution in [0.3, 0.4) is 0 Å². The molecular formula is C38H44N2O9S. The number of likely N-dealkylation sites (tertiary alicyclic amines) is 2. The number of nitrogens with zero attached hydrogens (tertiary/aromatic N) is 2. The Morgan fingerprint density at radius 2 is 1.52 bits per heavy atom. The number of hydrogen-bond donors (Lipinski definition) is 0. The quantitative estimate of drug-likeness (QED) is 0.106. The molecule has 3 heterocycles. The Hall–Kier alpha value is -4.45. The van der Waals surface area contributed by atoms with Gasteiger partial charge in [-0.25, -0.2) is 19.2 Å². The van der Waals surface area contributed by atoms with Crippen LogP contribution in [0.2, 0.25) is 0 Å². The standard InChI is InChI=1S/C38H44N2O9S/c1-37(2,3)48-35(44)39-16-7-8-28(39)33(42)46-17-15-22-9-13-26-27-14-11-23(20-31(27)50-30(26)18-22)29(41)21-47-34(43)32-24-10-12-25(19-24)40(32)36(45)49-38(4,5)6/h9,11,13-15,17-18,20,24-25,28,32H,7-8,10,12,16,19,21H2,1-6H3. The normalized spacial score (nSPS) is 22.0. The second kappa shape index (κ2) is 13.7. The van der Waals surface area contributed by atoms with E-state index in [0.717, 1.165) is 45.0 Å². The molecule has 3 fully saturated rings. The van der Waals surface area contributed by atoms with Crippen molar-refractivity contribution in [1.82, 2.24) is 9.80 Å². The van der Waals surface area contributed by atoms with Crippen molar-refractivity contribution in [3.63, 3.8) is 0 Å². The van der Waals surface area contributed by atoms with E-state index in [9.17, 15) is 24.0 Å². The summed E-state index contributed by atoms with van der Waals surface area (Å²) in [4.78, 5) is 67.6. The van der Waals surface area contributed by atoms with E-state index in [4.69, 9.17) is 18.9 Å². The zero-order chi connectivity index (χ0) is 36.0. The number of amides is 2. The first-order valence-corrected chi connectivity index (χ1v) is 17.9. The molecule has 2 bridgehead atoms. The molecule has 2 aromatic carbocycles. The molecule has 4 atom stereocenters. The zero-order valence-corrected chi connectivity index (χ0v) is 30.2. The number of piperidine rings is 1. The van der Waals surface area contributed by atoms with Gasteiger partial charge < -0.3 is 18.9 Å². The van der Waals surface area contributed by atoms with Gasteiger partial charge in [-0.2, -0.15) is 0 Å². The van der Waals surface area contributed by atoms with E-state index in [1.54, 1.807) is 59.8 Å². The van der Waals surface area contributed by atoms with Gasteiger partial charge in [0.15, 0.2) is 12.4 Å². The van der Waals surface area contributed by atoms with Gasteiger partial charge in [0.05, 0.1) is 6.26 Å². The molecule has 1 aliphatic carbocycles. The van der Waals surface area contributed by atoms with Crippen molar-refractivity contribution < 1.29 is 42.9 Å². The van der Waals surface area contributed by atoms with Crippen molar-refractivity contribution in [2.45, 2.75) is 103 Å². The van der Waals surface area contributed by atoms with E-state index >= 15 is 0 Å². The first-order valence-electron chi connectivity index (χ1n) is 17.1. The summed E-state index contributed by atoms with van der Waals surface area (Å²) in [6, 6.07) is 9.79. The number of esters is 2. The van der Waals surface area contributed by atoms with Gasteiger partial charge in [0.2, 0.25) is 0 Å². The molecule has 6 rings (SSSR count). The summed E-state index contributed by atoms with van der Waals surface area (Å²) in [5.74, 6) is -1.42. The average Bonchev–Trinajstić information content (AvgIpc) is 3.84. The largest absolute Gasteiger partial charge is 0.456 e. The molecule has 0 spiro atoms. The highest BCUT2D eigenvalue weighted by molar-refractivity contribution is 7.25. The number of fused-ring (bicyclic) bond motifs is 5. The lowest BCUT2D eigenvalue weighted by molar-refractivity contribution is -0.150. The number of rotatable bonds is 7. The Labute approximate surface area is 295 Å². The molecule has 2 saturated heterocycles. The van der Waals surface area contributed by atoms with Crippen LogP contribution >= 0.6 is 11.3 Å². The summed E-state index contributed by atoms with van der Waals surface area (Å²) in [6.07, 6.45) is 5.57. The Balaban J connectivity index is 1.07. The lowest BCUT2D eigenvalue weighted by Crippen LogP contribution is -2.51. The summed E-state index contributed by atoms with van der Waals surface area (Å²) in [5, 5.41) is 2.00. The van der Waals surface area contributed by atoms with E-state index in [1.807, 2.05) is 24.3 Å². The molecule has 11 nitrogen and oxygen atoms in total. The molecule has 2 aliphatic heterocycles. The molecule has 4 unspecified atom stereocenters. The fraction of sp³-hybridized carbons (Fsp3) is 0.500. The molecule has 3 aromatic rings. The van der Waals surface area contributed by atoms with Gasteiger partial charge in [0, 0.05) is 38.3 Å². The van der Waals surface area contributed by atoms with Crippen LogP contribution in [-0.2, 0) is 28.5 Å². The lowest BCUT2D eigenvalue weighted by Gasteiger charge is -2.35. The molecule has 50 heavy (non-hydrogen) atoms. The monoisotopic (exact) mass is 704 g/mol. The first kappa shape index (κ1) is 35.4. The van der Waals surface area contributed by atoms with Crippen LogP contribution in [0.1, 0.15) is 89.6 Å². The molecule has 0 radical (unpaired) electrons. The van der Waals surface area contributed by atoms with Crippen molar-refractivity contribution in [2.75, 3.05) is 13.2 Å². The van der Waals surface area contributed by atoms with Crippen LogP contribution < -0.4 is 0 Å². The third-order valence-corrected chi connectivity index (χ3v) is 10.3. The van der Waals surface area contributed by atoms with Crippen LogP contribution in [-0.4, -0.2) is 82.2 Å². The van der Waals surface area contributed by atoms with E-state index in [2.05, 4.69) is 0 Å². The predicted molar refractivity (Wildman–Crippen MR) is 189 cm³/mol. The number of carbonyl (C=O) groups excluding carboxylic acids is 5. The fourth-order valence-corrected chi connectivity index (χ4v) is 8.25. The van der Waals surface area contributed by atoms with Gasteiger partial charge in [-0.15, -0.1) is 11.3 Å². The van der Waals surface area contributed by atoms with E-state index in [1.165, 1.54) is 27.4 Å². The van der Waals surface area contributed by atoms with E-state index in [0.29, 0.717) is 24.9 Å². The Bertz CT molecular complexity index is 1870. The summed E-state index contributed by atoms with van der Waals surface area (Å²) >= 11 is 1.52. The van der Waals surface area contributed by atoms with Crippen LogP contribution in [0.15, 0.2) is 42.7 Å².